The number of rotatable bonds is 4. The fourth-order valence-electron chi connectivity index (χ4n) is 1.49. The van der Waals surface area contributed by atoms with Gasteiger partial charge in [-0.1, -0.05) is 0 Å². The van der Waals surface area contributed by atoms with Crippen LogP contribution in [0.15, 0.2) is 24.8 Å². The Hall–Kier alpha value is -1.82. The Morgan fingerprint density at radius 1 is 1.47 bits per heavy atom. The van der Waals surface area contributed by atoms with Crippen LogP contribution in [0, 0.1) is 5.82 Å². The maximum Gasteiger partial charge on any atom is 0.146 e. The minimum Gasteiger partial charge on any atom is -0.320 e. The SMILES string of the molecule is CC(NCc1nncn1C)c1cncc(F)c1. The van der Waals surface area contributed by atoms with Crippen molar-refractivity contribution in [3.8, 4) is 0 Å². The lowest BCUT2D eigenvalue weighted by Gasteiger charge is -2.13. The normalized spacial score (nSPS) is 12.6. The maximum atomic E-state index is 13.0. The summed E-state index contributed by atoms with van der Waals surface area (Å²) in [5, 5.41) is 11.0. The van der Waals surface area contributed by atoms with E-state index < -0.39 is 0 Å². The molecule has 0 amide bonds. The Labute approximate surface area is 98.7 Å². The highest BCUT2D eigenvalue weighted by atomic mass is 19.1. The van der Waals surface area contributed by atoms with Crippen molar-refractivity contribution in [1.29, 1.82) is 0 Å². The van der Waals surface area contributed by atoms with Crippen LogP contribution < -0.4 is 5.32 Å². The second-order valence-electron chi connectivity index (χ2n) is 3.90. The van der Waals surface area contributed by atoms with Gasteiger partial charge in [0.1, 0.15) is 18.0 Å². The fourth-order valence-corrected chi connectivity index (χ4v) is 1.49. The zero-order valence-corrected chi connectivity index (χ0v) is 9.76. The van der Waals surface area contributed by atoms with Gasteiger partial charge in [0.05, 0.1) is 12.7 Å². The Morgan fingerprint density at radius 2 is 2.29 bits per heavy atom. The number of aromatic nitrogens is 4. The lowest BCUT2D eigenvalue weighted by atomic mass is 10.1. The van der Waals surface area contributed by atoms with E-state index in [2.05, 4.69) is 20.5 Å². The summed E-state index contributed by atoms with van der Waals surface area (Å²) in [6.45, 7) is 2.53. The molecule has 0 fully saturated rings. The van der Waals surface area contributed by atoms with E-state index in [-0.39, 0.29) is 11.9 Å². The quantitative estimate of drug-likeness (QED) is 0.865. The zero-order valence-electron chi connectivity index (χ0n) is 9.76. The number of pyridine rings is 1. The molecule has 2 rings (SSSR count). The third kappa shape index (κ3) is 2.85. The van der Waals surface area contributed by atoms with Crippen LogP contribution in [-0.4, -0.2) is 19.7 Å². The van der Waals surface area contributed by atoms with Gasteiger partial charge in [0, 0.05) is 19.3 Å². The summed E-state index contributed by atoms with van der Waals surface area (Å²) in [7, 11) is 1.88. The highest BCUT2D eigenvalue weighted by molar-refractivity contribution is 5.14. The summed E-state index contributed by atoms with van der Waals surface area (Å²) in [6.07, 6.45) is 4.49. The fraction of sp³-hybridized carbons (Fsp3) is 0.364. The first kappa shape index (κ1) is 11.7. The van der Waals surface area contributed by atoms with E-state index in [1.807, 2.05) is 18.5 Å². The number of hydrogen-bond acceptors (Lipinski definition) is 4. The van der Waals surface area contributed by atoms with Crippen LogP contribution >= 0.6 is 0 Å². The van der Waals surface area contributed by atoms with Crippen molar-refractivity contribution in [3.63, 3.8) is 0 Å². The van der Waals surface area contributed by atoms with Crippen LogP contribution in [0.1, 0.15) is 24.4 Å². The van der Waals surface area contributed by atoms with Gasteiger partial charge >= 0.3 is 0 Å². The van der Waals surface area contributed by atoms with Gasteiger partial charge in [-0.25, -0.2) is 4.39 Å². The van der Waals surface area contributed by atoms with E-state index >= 15 is 0 Å². The van der Waals surface area contributed by atoms with Gasteiger partial charge in [0.2, 0.25) is 0 Å². The number of hydrogen-bond donors (Lipinski definition) is 1. The first-order valence-corrected chi connectivity index (χ1v) is 5.33. The molecule has 0 aliphatic heterocycles. The highest BCUT2D eigenvalue weighted by Gasteiger charge is 2.08. The molecule has 1 unspecified atom stereocenters. The van der Waals surface area contributed by atoms with Crippen LogP contribution in [0.3, 0.4) is 0 Å². The lowest BCUT2D eigenvalue weighted by Crippen LogP contribution is -2.20. The molecule has 2 aromatic heterocycles. The van der Waals surface area contributed by atoms with Crippen molar-refractivity contribution >= 4 is 0 Å². The van der Waals surface area contributed by atoms with Gasteiger partial charge < -0.3 is 9.88 Å². The van der Waals surface area contributed by atoms with Gasteiger partial charge in [-0.3, -0.25) is 4.98 Å². The largest absolute Gasteiger partial charge is 0.320 e. The molecule has 5 nitrogen and oxygen atoms in total. The second-order valence-corrected chi connectivity index (χ2v) is 3.90. The van der Waals surface area contributed by atoms with Crippen LogP contribution in [0.2, 0.25) is 0 Å². The minimum atomic E-state index is -0.324. The lowest BCUT2D eigenvalue weighted by molar-refractivity contribution is 0.540. The summed E-state index contributed by atoms with van der Waals surface area (Å²) in [5.41, 5.74) is 0.812. The molecule has 0 bridgehead atoms. The number of nitrogens with zero attached hydrogens (tertiary/aromatic N) is 4. The molecule has 0 saturated heterocycles. The summed E-state index contributed by atoms with van der Waals surface area (Å²) < 4.78 is 14.8. The van der Waals surface area contributed by atoms with Crippen LogP contribution in [0.25, 0.3) is 0 Å². The van der Waals surface area contributed by atoms with Crippen molar-refractivity contribution in [2.75, 3.05) is 0 Å². The molecule has 2 aromatic rings. The average molecular weight is 235 g/mol. The molecule has 0 radical (unpaired) electrons. The molecule has 0 saturated carbocycles. The van der Waals surface area contributed by atoms with Gasteiger partial charge in [-0.05, 0) is 18.6 Å². The Kier molecular flexibility index (Phi) is 3.43. The molecule has 0 spiro atoms. The molecule has 0 aliphatic carbocycles. The predicted molar refractivity (Wildman–Crippen MR) is 60.5 cm³/mol. The third-order valence-electron chi connectivity index (χ3n) is 2.60. The zero-order chi connectivity index (χ0) is 12.3. The third-order valence-corrected chi connectivity index (χ3v) is 2.60. The van der Waals surface area contributed by atoms with Crippen LogP contribution in [0.4, 0.5) is 4.39 Å². The summed E-state index contributed by atoms with van der Waals surface area (Å²) >= 11 is 0. The van der Waals surface area contributed by atoms with E-state index in [0.29, 0.717) is 6.54 Å². The monoisotopic (exact) mass is 235 g/mol. The first-order chi connectivity index (χ1) is 8.16. The average Bonchev–Trinajstić information content (AvgIpc) is 2.72. The molecular weight excluding hydrogens is 221 g/mol. The molecule has 1 atom stereocenters. The van der Waals surface area contributed by atoms with Crippen LogP contribution in [-0.2, 0) is 13.6 Å². The van der Waals surface area contributed by atoms with Gasteiger partial charge in [-0.2, -0.15) is 0 Å². The van der Waals surface area contributed by atoms with Crippen molar-refractivity contribution in [3.05, 3.63) is 42.0 Å². The Morgan fingerprint density at radius 3 is 2.94 bits per heavy atom. The first-order valence-electron chi connectivity index (χ1n) is 5.33. The van der Waals surface area contributed by atoms with Gasteiger partial charge in [-0.15, -0.1) is 10.2 Å². The molecular formula is C11H14FN5. The topological polar surface area (TPSA) is 55.6 Å². The molecule has 0 aromatic carbocycles. The number of aryl methyl sites for hydroxylation is 1. The molecule has 6 heteroatoms. The van der Waals surface area contributed by atoms with E-state index in [1.54, 1.807) is 12.5 Å². The molecule has 2 heterocycles. The molecule has 17 heavy (non-hydrogen) atoms. The molecule has 1 N–H and O–H groups in total. The predicted octanol–water partition coefficient (Wildman–Crippen LogP) is 1.20. The van der Waals surface area contributed by atoms with E-state index in [1.165, 1.54) is 12.3 Å². The number of halogens is 1. The summed E-state index contributed by atoms with van der Waals surface area (Å²) in [5.74, 6) is 0.510. The number of nitrogens with one attached hydrogen (secondary N) is 1. The maximum absolute atomic E-state index is 13.0. The van der Waals surface area contributed by atoms with Crippen molar-refractivity contribution in [2.45, 2.75) is 19.5 Å². The highest BCUT2D eigenvalue weighted by Crippen LogP contribution is 2.12. The van der Waals surface area contributed by atoms with Gasteiger partial charge in [0.15, 0.2) is 0 Å². The van der Waals surface area contributed by atoms with E-state index in [9.17, 15) is 4.39 Å². The molecule has 90 valence electrons. The summed E-state index contributed by atoms with van der Waals surface area (Å²) in [4.78, 5) is 3.82. The van der Waals surface area contributed by atoms with Gasteiger partial charge in [0.25, 0.3) is 0 Å². The minimum absolute atomic E-state index is 0.00917. The smallest absolute Gasteiger partial charge is 0.146 e. The van der Waals surface area contributed by atoms with Crippen molar-refractivity contribution in [2.24, 2.45) is 7.05 Å². The van der Waals surface area contributed by atoms with E-state index in [4.69, 9.17) is 0 Å². The standard InChI is InChI=1S/C11H14FN5/c1-8(9-3-10(12)5-13-4-9)14-6-11-16-15-7-17(11)2/h3-5,7-8,14H,6H2,1-2H3. The van der Waals surface area contributed by atoms with E-state index in [0.717, 1.165) is 11.4 Å². The van der Waals surface area contributed by atoms with Crippen molar-refractivity contribution < 1.29 is 4.39 Å². The Bertz CT molecular complexity index is 496. The Balaban J connectivity index is 1.98. The molecule has 0 aliphatic rings. The van der Waals surface area contributed by atoms with Crippen LogP contribution in [0.5, 0.6) is 0 Å². The van der Waals surface area contributed by atoms with Crippen molar-refractivity contribution in [1.82, 2.24) is 25.1 Å². The summed E-state index contributed by atoms with van der Waals surface area (Å²) in [6, 6.07) is 1.48. The second kappa shape index (κ2) is 5.01.